The molecule has 3 aromatic rings. The second kappa shape index (κ2) is 9.56. The van der Waals surface area contributed by atoms with Gasteiger partial charge in [-0.05, 0) is 68.5 Å². The number of rotatable bonds is 8. The van der Waals surface area contributed by atoms with Crippen LogP contribution in [0.4, 0.5) is 0 Å². The molecule has 8 heteroatoms. The summed E-state index contributed by atoms with van der Waals surface area (Å²) >= 11 is 0. The van der Waals surface area contributed by atoms with E-state index < -0.39 is 0 Å². The van der Waals surface area contributed by atoms with Gasteiger partial charge in [0.2, 0.25) is 0 Å². The molecule has 8 nitrogen and oxygen atoms in total. The van der Waals surface area contributed by atoms with Gasteiger partial charge in [-0.15, -0.1) is 0 Å². The summed E-state index contributed by atoms with van der Waals surface area (Å²) < 4.78 is 7.39. The summed E-state index contributed by atoms with van der Waals surface area (Å²) in [6, 6.07) is 11.0. The number of carbonyl (C=O) groups is 1. The monoisotopic (exact) mass is 462 g/mol. The van der Waals surface area contributed by atoms with Crippen LogP contribution < -0.4 is 15.6 Å². The first kappa shape index (κ1) is 22.6. The molecule has 2 heterocycles. The molecule has 1 saturated heterocycles. The Morgan fingerprint density at radius 2 is 2.06 bits per heavy atom. The summed E-state index contributed by atoms with van der Waals surface area (Å²) in [4.78, 5) is 32.6. The van der Waals surface area contributed by atoms with Crippen molar-refractivity contribution in [2.45, 2.75) is 44.8 Å². The number of benzene rings is 2. The summed E-state index contributed by atoms with van der Waals surface area (Å²) in [5, 5.41) is 13.1. The van der Waals surface area contributed by atoms with Crippen LogP contribution in [0, 0.1) is 6.92 Å². The largest absolute Gasteiger partial charge is 0.494 e. The number of nitrogens with zero attached hydrogens (tertiary/aromatic N) is 3. The molecular weight excluding hydrogens is 432 g/mol. The molecule has 34 heavy (non-hydrogen) atoms. The molecule has 0 spiro atoms. The second-order valence-electron chi connectivity index (χ2n) is 9.29. The molecule has 5 rings (SSSR count). The lowest BCUT2D eigenvalue weighted by Crippen LogP contribution is -2.26. The van der Waals surface area contributed by atoms with Crippen LogP contribution in [0.2, 0.25) is 0 Å². The molecule has 1 aliphatic heterocycles. The SMILES string of the molecule is Cc1ccc(C(=O)NC2CC2)cc1-n1cnc2ccc(OCCCN3CC[C@@H](O)C3)cc2c1=O. The Hall–Kier alpha value is -3.23. The predicted octanol–water partition coefficient (Wildman–Crippen LogP) is 2.42. The third-order valence-electron chi connectivity index (χ3n) is 6.51. The van der Waals surface area contributed by atoms with Gasteiger partial charge < -0.3 is 20.1 Å². The number of aliphatic hydroxyl groups is 1. The molecule has 178 valence electrons. The number of carbonyl (C=O) groups excluding carboxylic acids is 1. The van der Waals surface area contributed by atoms with Crippen molar-refractivity contribution in [1.29, 1.82) is 0 Å². The minimum absolute atomic E-state index is 0.121. The Balaban J connectivity index is 1.34. The number of β-amino-alcohol motifs (C(OH)–C–C–N with tert-alkyl or cyclic N) is 1. The van der Waals surface area contributed by atoms with Gasteiger partial charge >= 0.3 is 0 Å². The molecule has 2 N–H and O–H groups in total. The molecule has 1 atom stereocenters. The number of hydrogen-bond donors (Lipinski definition) is 2. The molecular formula is C26H30N4O4. The van der Waals surface area contributed by atoms with Crippen LogP contribution >= 0.6 is 0 Å². The summed E-state index contributed by atoms with van der Waals surface area (Å²) in [5.41, 5.74) is 2.44. The molecule has 0 unspecified atom stereocenters. The Morgan fingerprint density at radius 3 is 2.82 bits per heavy atom. The van der Waals surface area contributed by atoms with E-state index in [2.05, 4.69) is 15.2 Å². The first-order valence-electron chi connectivity index (χ1n) is 11.9. The fourth-order valence-corrected chi connectivity index (χ4v) is 4.36. The van der Waals surface area contributed by atoms with Crippen LogP contribution in [0.15, 0.2) is 47.5 Å². The zero-order chi connectivity index (χ0) is 23.7. The van der Waals surface area contributed by atoms with Gasteiger partial charge in [-0.25, -0.2) is 4.98 Å². The van der Waals surface area contributed by atoms with Crippen molar-refractivity contribution in [2.24, 2.45) is 0 Å². The molecule has 2 aliphatic rings. The van der Waals surface area contributed by atoms with Crippen LogP contribution in [-0.4, -0.2) is 63.9 Å². The first-order chi connectivity index (χ1) is 16.5. The second-order valence-corrected chi connectivity index (χ2v) is 9.29. The molecule has 2 aromatic carbocycles. The summed E-state index contributed by atoms with van der Waals surface area (Å²) in [5.74, 6) is 0.504. The molecule has 2 fully saturated rings. The van der Waals surface area contributed by atoms with E-state index in [-0.39, 0.29) is 23.6 Å². The molecule has 0 radical (unpaired) electrons. The van der Waals surface area contributed by atoms with Gasteiger partial charge in [-0.2, -0.15) is 0 Å². The number of hydrogen-bond acceptors (Lipinski definition) is 6. The highest BCUT2D eigenvalue weighted by atomic mass is 16.5. The van der Waals surface area contributed by atoms with Crippen LogP contribution in [0.1, 0.15) is 41.6 Å². The summed E-state index contributed by atoms with van der Waals surface area (Å²) in [6.45, 7) is 4.97. The van der Waals surface area contributed by atoms with E-state index in [1.165, 1.54) is 10.9 Å². The van der Waals surface area contributed by atoms with Crippen molar-refractivity contribution in [3.8, 4) is 11.4 Å². The Kier molecular flexibility index (Phi) is 6.34. The zero-order valence-corrected chi connectivity index (χ0v) is 19.4. The lowest BCUT2D eigenvalue weighted by molar-refractivity contribution is 0.0951. The number of ether oxygens (including phenoxy) is 1. The average Bonchev–Trinajstić information content (AvgIpc) is 3.55. The van der Waals surface area contributed by atoms with Gasteiger partial charge in [0.05, 0.1) is 29.3 Å². The maximum absolute atomic E-state index is 13.4. The van der Waals surface area contributed by atoms with E-state index in [1.54, 1.807) is 24.3 Å². The van der Waals surface area contributed by atoms with Gasteiger partial charge in [-0.3, -0.25) is 14.2 Å². The minimum Gasteiger partial charge on any atom is -0.494 e. The van der Waals surface area contributed by atoms with Crippen molar-refractivity contribution >= 4 is 16.8 Å². The standard InChI is InChI=1S/C26H30N4O4/c1-17-3-4-18(25(32)28-19-5-6-19)13-24(17)30-16-27-23-8-7-21(14-22(23)26(30)33)34-12-2-10-29-11-9-20(31)15-29/h3-4,7-8,13-14,16,19-20,31H,2,5-6,9-12,15H2,1H3,(H,28,32)/t20-/m1/s1. The highest BCUT2D eigenvalue weighted by molar-refractivity contribution is 5.95. The van der Waals surface area contributed by atoms with E-state index in [4.69, 9.17) is 4.74 Å². The zero-order valence-electron chi connectivity index (χ0n) is 19.4. The van der Waals surface area contributed by atoms with E-state index in [0.29, 0.717) is 34.5 Å². The number of aryl methyl sites for hydroxylation is 1. The summed E-state index contributed by atoms with van der Waals surface area (Å²) in [6.07, 6.45) is 5.01. The van der Waals surface area contributed by atoms with E-state index in [1.807, 2.05) is 19.1 Å². The number of fused-ring (bicyclic) bond motifs is 1. The van der Waals surface area contributed by atoms with Gasteiger partial charge in [0.25, 0.3) is 11.5 Å². The Morgan fingerprint density at radius 1 is 1.21 bits per heavy atom. The van der Waals surface area contributed by atoms with Crippen molar-refractivity contribution in [3.63, 3.8) is 0 Å². The molecule has 0 bridgehead atoms. The Labute approximate surface area is 198 Å². The van der Waals surface area contributed by atoms with E-state index >= 15 is 0 Å². The molecule has 1 aromatic heterocycles. The third kappa shape index (κ3) is 4.98. The number of amides is 1. The summed E-state index contributed by atoms with van der Waals surface area (Å²) in [7, 11) is 0. The normalized spacial score (nSPS) is 18.4. The fourth-order valence-electron chi connectivity index (χ4n) is 4.36. The Bertz CT molecular complexity index is 1270. The number of likely N-dealkylation sites (tertiary alicyclic amines) is 1. The highest BCUT2D eigenvalue weighted by Gasteiger charge is 2.24. The van der Waals surface area contributed by atoms with Crippen molar-refractivity contribution in [1.82, 2.24) is 19.8 Å². The first-order valence-corrected chi connectivity index (χ1v) is 11.9. The average molecular weight is 463 g/mol. The van der Waals surface area contributed by atoms with Crippen LogP contribution in [-0.2, 0) is 0 Å². The van der Waals surface area contributed by atoms with Gasteiger partial charge in [-0.1, -0.05) is 6.07 Å². The van der Waals surface area contributed by atoms with Crippen molar-refractivity contribution in [3.05, 3.63) is 64.2 Å². The number of aromatic nitrogens is 2. The minimum atomic E-state index is -0.215. The van der Waals surface area contributed by atoms with E-state index in [0.717, 1.165) is 50.9 Å². The molecule has 1 saturated carbocycles. The molecule has 1 amide bonds. The quantitative estimate of drug-likeness (QED) is 0.499. The topological polar surface area (TPSA) is 96.7 Å². The fraction of sp³-hybridized carbons (Fsp3) is 0.423. The van der Waals surface area contributed by atoms with Crippen LogP contribution in [0.25, 0.3) is 16.6 Å². The van der Waals surface area contributed by atoms with Crippen LogP contribution in [0.5, 0.6) is 5.75 Å². The third-order valence-corrected chi connectivity index (χ3v) is 6.51. The predicted molar refractivity (Wildman–Crippen MR) is 130 cm³/mol. The maximum Gasteiger partial charge on any atom is 0.265 e. The number of nitrogens with one attached hydrogen (secondary N) is 1. The van der Waals surface area contributed by atoms with Crippen molar-refractivity contribution < 1.29 is 14.6 Å². The smallest absolute Gasteiger partial charge is 0.265 e. The van der Waals surface area contributed by atoms with Gasteiger partial charge in [0.15, 0.2) is 0 Å². The highest BCUT2D eigenvalue weighted by Crippen LogP contribution is 2.22. The van der Waals surface area contributed by atoms with E-state index in [9.17, 15) is 14.7 Å². The van der Waals surface area contributed by atoms with Gasteiger partial charge in [0, 0.05) is 31.2 Å². The van der Waals surface area contributed by atoms with Crippen LogP contribution in [0.3, 0.4) is 0 Å². The molecule has 1 aliphatic carbocycles. The maximum atomic E-state index is 13.4. The van der Waals surface area contributed by atoms with Crippen molar-refractivity contribution in [2.75, 3.05) is 26.2 Å². The van der Waals surface area contributed by atoms with Gasteiger partial charge in [0.1, 0.15) is 12.1 Å². The lowest BCUT2D eigenvalue weighted by atomic mass is 10.1. The number of aliphatic hydroxyl groups excluding tert-OH is 1. The lowest BCUT2D eigenvalue weighted by Gasteiger charge is -2.15.